The number of hydrogen-bond donors (Lipinski definition) is 2. The summed E-state index contributed by atoms with van der Waals surface area (Å²) in [5.74, 6) is 0.406. The zero-order chi connectivity index (χ0) is 8.43. The van der Waals surface area contributed by atoms with Crippen LogP contribution in [-0.2, 0) is 4.74 Å². The molecule has 0 spiro atoms. The molecule has 62 valence electrons. The summed E-state index contributed by atoms with van der Waals surface area (Å²) in [5.41, 5.74) is 0.748. The van der Waals surface area contributed by atoms with Gasteiger partial charge in [0, 0.05) is 0 Å². The van der Waals surface area contributed by atoms with Gasteiger partial charge in [-0.15, -0.1) is 0 Å². The van der Waals surface area contributed by atoms with Gasteiger partial charge in [-0.2, -0.15) is 0 Å². The van der Waals surface area contributed by atoms with E-state index in [1.165, 1.54) is 7.11 Å². The number of aliphatic hydroxyl groups excluding tert-OH is 2. The van der Waals surface area contributed by atoms with Crippen molar-refractivity contribution in [2.75, 3.05) is 7.11 Å². The van der Waals surface area contributed by atoms with Gasteiger partial charge in [-0.1, -0.05) is 6.08 Å². The number of rotatable bonds is 1. The summed E-state index contributed by atoms with van der Waals surface area (Å²) in [6.07, 6.45) is 1.66. The highest BCUT2D eigenvalue weighted by atomic mass is 16.5. The minimum absolute atomic E-state index is 0.406. The maximum absolute atomic E-state index is 9.32. The zero-order valence-corrected chi connectivity index (χ0v) is 6.61. The largest absolute Gasteiger partial charge is 0.498 e. The van der Waals surface area contributed by atoms with E-state index in [1.54, 1.807) is 19.1 Å². The van der Waals surface area contributed by atoms with Crippen LogP contribution in [0.4, 0.5) is 0 Å². The van der Waals surface area contributed by atoms with Crippen LogP contribution in [0, 0.1) is 0 Å². The summed E-state index contributed by atoms with van der Waals surface area (Å²) in [6, 6.07) is 0. The lowest BCUT2D eigenvalue weighted by Crippen LogP contribution is -2.31. The Labute approximate surface area is 65.6 Å². The van der Waals surface area contributed by atoms with Gasteiger partial charge in [-0.05, 0) is 18.6 Å². The molecule has 3 heteroatoms. The average molecular weight is 156 g/mol. The van der Waals surface area contributed by atoms with Gasteiger partial charge in [-0.25, -0.2) is 0 Å². The molecule has 0 aromatic carbocycles. The molecule has 1 rings (SSSR count). The Morgan fingerprint density at radius 2 is 1.91 bits per heavy atom. The smallest absolute Gasteiger partial charge is 0.141 e. The number of methoxy groups -OCH3 is 1. The average Bonchev–Trinajstić information content (AvgIpc) is 2.01. The van der Waals surface area contributed by atoms with Crippen molar-refractivity contribution in [1.82, 2.24) is 0 Å². The molecule has 1 aliphatic carbocycles. The topological polar surface area (TPSA) is 49.7 Å². The Balaban J connectivity index is 2.84. The normalized spacial score (nSPS) is 30.9. The highest BCUT2D eigenvalue weighted by Crippen LogP contribution is 2.19. The molecule has 0 aromatic heterocycles. The van der Waals surface area contributed by atoms with Gasteiger partial charge in [-0.3, -0.25) is 0 Å². The van der Waals surface area contributed by atoms with E-state index in [-0.39, 0.29) is 0 Å². The van der Waals surface area contributed by atoms with Crippen molar-refractivity contribution in [3.63, 3.8) is 0 Å². The molecule has 0 aromatic rings. The molecule has 0 unspecified atom stereocenters. The van der Waals surface area contributed by atoms with Crippen LogP contribution >= 0.6 is 0 Å². The van der Waals surface area contributed by atoms with E-state index in [0.29, 0.717) is 5.76 Å². The Bertz CT molecular complexity index is 205. The highest BCUT2D eigenvalue weighted by molar-refractivity contribution is 5.27. The second-order valence-electron chi connectivity index (χ2n) is 2.57. The first kappa shape index (κ1) is 8.30. The summed E-state index contributed by atoms with van der Waals surface area (Å²) in [4.78, 5) is 0. The SMILES string of the molecule is COC1=CC=C(C)[C@H](O)[C@@H]1O. The first-order valence-electron chi connectivity index (χ1n) is 3.45. The van der Waals surface area contributed by atoms with Crippen molar-refractivity contribution in [2.45, 2.75) is 19.1 Å². The molecule has 0 radical (unpaired) electrons. The predicted octanol–water partition coefficient (Wildman–Crippen LogP) is 0.198. The second-order valence-corrected chi connectivity index (χ2v) is 2.57. The van der Waals surface area contributed by atoms with E-state index in [2.05, 4.69) is 0 Å². The van der Waals surface area contributed by atoms with Crippen molar-refractivity contribution in [3.05, 3.63) is 23.5 Å². The first-order valence-corrected chi connectivity index (χ1v) is 3.45. The van der Waals surface area contributed by atoms with E-state index in [0.717, 1.165) is 5.57 Å². The molecule has 0 saturated heterocycles. The predicted molar refractivity (Wildman–Crippen MR) is 40.9 cm³/mol. The summed E-state index contributed by atoms with van der Waals surface area (Å²) in [6.45, 7) is 1.76. The second kappa shape index (κ2) is 3.07. The molecule has 0 aliphatic heterocycles. The fourth-order valence-electron chi connectivity index (χ4n) is 1.00. The third-order valence-corrected chi connectivity index (χ3v) is 1.80. The standard InChI is InChI=1S/C8H12O3/c1-5-3-4-6(11-2)8(10)7(5)9/h3-4,7-10H,1-2H3/t7-,8+/m0/s1. The fourth-order valence-corrected chi connectivity index (χ4v) is 1.00. The van der Waals surface area contributed by atoms with Gasteiger partial charge in [0.05, 0.1) is 7.11 Å². The Morgan fingerprint density at radius 3 is 2.45 bits per heavy atom. The monoisotopic (exact) mass is 156 g/mol. The fraction of sp³-hybridized carbons (Fsp3) is 0.500. The summed E-state index contributed by atoms with van der Waals surface area (Å²) in [5, 5.41) is 18.6. The van der Waals surface area contributed by atoms with Gasteiger partial charge in [0.2, 0.25) is 0 Å². The van der Waals surface area contributed by atoms with Gasteiger partial charge in [0.25, 0.3) is 0 Å². The van der Waals surface area contributed by atoms with Gasteiger partial charge < -0.3 is 14.9 Å². The minimum atomic E-state index is -0.912. The molecule has 3 nitrogen and oxygen atoms in total. The molecular formula is C8H12O3. The lowest BCUT2D eigenvalue weighted by atomic mass is 9.99. The van der Waals surface area contributed by atoms with Crippen LogP contribution in [0.5, 0.6) is 0 Å². The van der Waals surface area contributed by atoms with Crippen LogP contribution in [0.15, 0.2) is 23.5 Å². The van der Waals surface area contributed by atoms with E-state index in [4.69, 9.17) is 4.74 Å². The van der Waals surface area contributed by atoms with Crippen LogP contribution in [0.2, 0.25) is 0 Å². The quantitative estimate of drug-likeness (QED) is 0.570. The number of hydrogen-bond acceptors (Lipinski definition) is 3. The third-order valence-electron chi connectivity index (χ3n) is 1.80. The Hall–Kier alpha value is -0.800. The first-order chi connectivity index (χ1) is 5.16. The summed E-state index contributed by atoms with van der Waals surface area (Å²) >= 11 is 0. The van der Waals surface area contributed by atoms with Crippen LogP contribution in [-0.4, -0.2) is 29.5 Å². The van der Waals surface area contributed by atoms with E-state index in [9.17, 15) is 10.2 Å². The van der Waals surface area contributed by atoms with Crippen LogP contribution in [0.3, 0.4) is 0 Å². The number of aliphatic hydroxyl groups is 2. The van der Waals surface area contributed by atoms with Crippen molar-refractivity contribution < 1.29 is 14.9 Å². The molecule has 1 aliphatic rings. The molecular weight excluding hydrogens is 144 g/mol. The minimum Gasteiger partial charge on any atom is -0.498 e. The van der Waals surface area contributed by atoms with Crippen LogP contribution < -0.4 is 0 Å². The van der Waals surface area contributed by atoms with Gasteiger partial charge in [0.15, 0.2) is 0 Å². The Kier molecular flexibility index (Phi) is 2.31. The van der Waals surface area contributed by atoms with E-state index >= 15 is 0 Å². The van der Waals surface area contributed by atoms with E-state index < -0.39 is 12.2 Å². The van der Waals surface area contributed by atoms with Crippen LogP contribution in [0.1, 0.15) is 6.92 Å². The van der Waals surface area contributed by atoms with Gasteiger partial charge in [0.1, 0.15) is 18.0 Å². The molecule has 11 heavy (non-hydrogen) atoms. The maximum Gasteiger partial charge on any atom is 0.141 e. The molecule has 2 N–H and O–H groups in total. The Morgan fingerprint density at radius 1 is 1.27 bits per heavy atom. The molecule has 2 atom stereocenters. The van der Waals surface area contributed by atoms with Crippen molar-refractivity contribution in [1.29, 1.82) is 0 Å². The third kappa shape index (κ3) is 1.44. The van der Waals surface area contributed by atoms with Gasteiger partial charge >= 0.3 is 0 Å². The lowest BCUT2D eigenvalue weighted by molar-refractivity contribution is 0.0276. The molecule has 0 amide bonds. The maximum atomic E-state index is 9.32. The van der Waals surface area contributed by atoms with Crippen molar-refractivity contribution in [2.24, 2.45) is 0 Å². The van der Waals surface area contributed by atoms with Crippen molar-refractivity contribution >= 4 is 0 Å². The van der Waals surface area contributed by atoms with Crippen molar-refractivity contribution in [3.8, 4) is 0 Å². The summed E-state index contributed by atoms with van der Waals surface area (Å²) in [7, 11) is 1.47. The molecule has 0 fully saturated rings. The zero-order valence-electron chi connectivity index (χ0n) is 6.61. The molecule has 0 heterocycles. The highest BCUT2D eigenvalue weighted by Gasteiger charge is 2.25. The number of allylic oxidation sites excluding steroid dienone is 2. The molecule has 0 bridgehead atoms. The number of ether oxygens (including phenoxy) is 1. The van der Waals surface area contributed by atoms with Crippen LogP contribution in [0.25, 0.3) is 0 Å². The lowest BCUT2D eigenvalue weighted by Gasteiger charge is -2.23. The molecule has 0 saturated carbocycles. The summed E-state index contributed by atoms with van der Waals surface area (Å²) < 4.78 is 4.83. The van der Waals surface area contributed by atoms with E-state index in [1.807, 2.05) is 0 Å².